The van der Waals surface area contributed by atoms with E-state index in [0.717, 1.165) is 5.56 Å². The summed E-state index contributed by atoms with van der Waals surface area (Å²) in [5.41, 5.74) is 2.01. The van der Waals surface area contributed by atoms with E-state index in [1.165, 1.54) is 18.3 Å². The van der Waals surface area contributed by atoms with Crippen LogP contribution in [0.5, 0.6) is 0 Å². The van der Waals surface area contributed by atoms with E-state index in [2.05, 4.69) is 20.1 Å². The first kappa shape index (κ1) is 16.2. The summed E-state index contributed by atoms with van der Waals surface area (Å²) in [4.78, 5) is 12.0. The van der Waals surface area contributed by atoms with Gasteiger partial charge in [0.2, 0.25) is 11.6 Å². The van der Waals surface area contributed by atoms with Gasteiger partial charge in [0.05, 0.1) is 5.69 Å². The third-order valence-electron chi connectivity index (χ3n) is 3.71. The monoisotopic (exact) mass is 362 g/mol. The van der Waals surface area contributed by atoms with E-state index in [-0.39, 0.29) is 17.3 Å². The maximum Gasteiger partial charge on any atom is 0.451 e. The molecule has 0 bridgehead atoms. The van der Waals surface area contributed by atoms with Crippen LogP contribution in [0.3, 0.4) is 0 Å². The predicted molar refractivity (Wildman–Crippen MR) is 82.6 cm³/mol. The minimum Gasteiger partial charge on any atom is -0.303 e. The number of alkyl halides is 3. The quantitative estimate of drug-likeness (QED) is 0.568. The molecule has 10 heteroatoms. The van der Waals surface area contributed by atoms with E-state index in [1.54, 1.807) is 28.9 Å². The summed E-state index contributed by atoms with van der Waals surface area (Å²) in [7, 11) is 0. The Morgan fingerprint density at radius 2 is 1.85 bits per heavy atom. The van der Waals surface area contributed by atoms with E-state index < -0.39 is 12.0 Å². The van der Waals surface area contributed by atoms with Crippen LogP contribution in [0.4, 0.5) is 17.6 Å². The molecule has 1 aromatic carbocycles. The second kappa shape index (κ2) is 5.90. The average molecular weight is 362 g/mol. The number of rotatable bonds is 3. The number of benzene rings is 1. The molecule has 0 aliphatic heterocycles. The summed E-state index contributed by atoms with van der Waals surface area (Å²) in [6, 6.07) is 5.87. The standard InChI is InChI=1S/C16H10F4N6/c17-10-3-1-9(2-4-10)7-11-14-21-5-6-26(14)8-12(22-11)13-23-15(25-24-13)16(18,19)20/h1-6,8H,7H2,(H,23,24,25). The van der Waals surface area contributed by atoms with Gasteiger partial charge in [0.25, 0.3) is 0 Å². The highest BCUT2D eigenvalue weighted by atomic mass is 19.4. The zero-order valence-corrected chi connectivity index (χ0v) is 13.0. The topological polar surface area (TPSA) is 71.8 Å². The van der Waals surface area contributed by atoms with Gasteiger partial charge in [0, 0.05) is 25.0 Å². The van der Waals surface area contributed by atoms with E-state index >= 15 is 0 Å². The molecular formula is C16H10F4N6. The van der Waals surface area contributed by atoms with Gasteiger partial charge in [-0.25, -0.2) is 19.3 Å². The van der Waals surface area contributed by atoms with Crippen molar-refractivity contribution in [2.75, 3.05) is 0 Å². The zero-order valence-electron chi connectivity index (χ0n) is 13.0. The molecule has 132 valence electrons. The number of hydrogen-bond donors (Lipinski definition) is 1. The smallest absolute Gasteiger partial charge is 0.303 e. The van der Waals surface area contributed by atoms with Crippen LogP contribution in [-0.2, 0) is 12.6 Å². The number of nitrogens with one attached hydrogen (secondary N) is 1. The normalized spacial score (nSPS) is 12.0. The van der Waals surface area contributed by atoms with Crippen LogP contribution in [0.2, 0.25) is 0 Å². The van der Waals surface area contributed by atoms with E-state index in [9.17, 15) is 17.6 Å². The molecule has 0 unspecified atom stereocenters. The Morgan fingerprint density at radius 3 is 2.54 bits per heavy atom. The molecule has 0 saturated carbocycles. The number of fused-ring (bicyclic) bond motifs is 1. The number of halogens is 4. The van der Waals surface area contributed by atoms with Crippen molar-refractivity contribution in [2.24, 2.45) is 0 Å². The van der Waals surface area contributed by atoms with Gasteiger partial charge >= 0.3 is 6.18 Å². The molecule has 0 saturated heterocycles. The Hall–Kier alpha value is -3.30. The molecule has 3 aromatic heterocycles. The van der Waals surface area contributed by atoms with Gasteiger partial charge in [-0.05, 0) is 17.7 Å². The molecule has 4 rings (SSSR count). The summed E-state index contributed by atoms with van der Waals surface area (Å²) in [5, 5.41) is 5.47. The molecule has 0 amide bonds. The summed E-state index contributed by atoms with van der Waals surface area (Å²) in [6.07, 6.45) is 0.395. The highest BCUT2D eigenvalue weighted by molar-refractivity contribution is 5.55. The maximum absolute atomic E-state index is 13.1. The third-order valence-corrected chi connectivity index (χ3v) is 3.71. The number of aromatic nitrogens is 6. The van der Waals surface area contributed by atoms with Gasteiger partial charge < -0.3 is 4.40 Å². The number of aromatic amines is 1. The Balaban J connectivity index is 1.77. The summed E-state index contributed by atoms with van der Waals surface area (Å²) < 4.78 is 52.9. The molecular weight excluding hydrogens is 352 g/mol. The lowest BCUT2D eigenvalue weighted by atomic mass is 10.1. The fraction of sp³-hybridized carbons (Fsp3) is 0.125. The summed E-state index contributed by atoms with van der Waals surface area (Å²) in [6.45, 7) is 0. The molecule has 1 N–H and O–H groups in total. The maximum atomic E-state index is 13.1. The van der Waals surface area contributed by atoms with Crippen molar-refractivity contribution in [1.29, 1.82) is 0 Å². The Labute approximate surface area is 143 Å². The van der Waals surface area contributed by atoms with Crippen molar-refractivity contribution in [3.8, 4) is 11.5 Å². The SMILES string of the molecule is Fc1ccc(Cc2nc(-c3n[nH]c(C(F)(F)F)n3)cn3ccnc23)cc1. The second-order valence-corrected chi connectivity index (χ2v) is 5.54. The van der Waals surface area contributed by atoms with Crippen molar-refractivity contribution in [3.05, 3.63) is 65.8 Å². The first-order valence-electron chi connectivity index (χ1n) is 7.47. The lowest BCUT2D eigenvalue weighted by molar-refractivity contribution is -0.144. The van der Waals surface area contributed by atoms with Crippen molar-refractivity contribution < 1.29 is 17.6 Å². The molecule has 0 aliphatic carbocycles. The molecule has 0 fully saturated rings. The van der Waals surface area contributed by atoms with Crippen LogP contribution in [0.15, 0.2) is 42.9 Å². The molecule has 0 radical (unpaired) electrons. The van der Waals surface area contributed by atoms with E-state index in [1.807, 2.05) is 5.10 Å². The van der Waals surface area contributed by atoms with Crippen LogP contribution in [0, 0.1) is 5.82 Å². The minimum absolute atomic E-state index is 0.166. The third kappa shape index (κ3) is 3.01. The Kier molecular flexibility index (Phi) is 3.67. The van der Waals surface area contributed by atoms with Crippen molar-refractivity contribution in [1.82, 2.24) is 29.5 Å². The largest absolute Gasteiger partial charge is 0.451 e. The number of nitrogens with zero attached hydrogens (tertiary/aromatic N) is 5. The van der Waals surface area contributed by atoms with Gasteiger partial charge in [-0.3, -0.25) is 5.10 Å². The highest BCUT2D eigenvalue weighted by Crippen LogP contribution is 2.27. The van der Waals surface area contributed by atoms with E-state index in [4.69, 9.17) is 0 Å². The van der Waals surface area contributed by atoms with Gasteiger partial charge in [-0.2, -0.15) is 18.3 Å². The van der Waals surface area contributed by atoms with Crippen LogP contribution in [0.1, 0.15) is 17.1 Å². The van der Waals surface area contributed by atoms with Gasteiger partial charge in [-0.15, -0.1) is 0 Å². The lowest BCUT2D eigenvalue weighted by Gasteiger charge is -2.06. The van der Waals surface area contributed by atoms with Gasteiger partial charge in [0.1, 0.15) is 11.5 Å². The van der Waals surface area contributed by atoms with Crippen LogP contribution >= 0.6 is 0 Å². The molecule has 26 heavy (non-hydrogen) atoms. The molecule has 0 spiro atoms. The van der Waals surface area contributed by atoms with Crippen molar-refractivity contribution >= 4 is 5.65 Å². The Morgan fingerprint density at radius 1 is 1.08 bits per heavy atom. The first-order chi connectivity index (χ1) is 12.4. The predicted octanol–water partition coefficient (Wildman–Crippen LogP) is 3.26. The molecule has 3 heterocycles. The number of imidazole rings is 1. The van der Waals surface area contributed by atoms with E-state index in [0.29, 0.717) is 17.8 Å². The lowest BCUT2D eigenvalue weighted by Crippen LogP contribution is -2.07. The molecule has 6 nitrogen and oxygen atoms in total. The number of hydrogen-bond acceptors (Lipinski definition) is 4. The first-order valence-corrected chi connectivity index (χ1v) is 7.47. The second-order valence-electron chi connectivity index (χ2n) is 5.54. The van der Waals surface area contributed by atoms with Crippen LogP contribution in [0.25, 0.3) is 17.2 Å². The van der Waals surface area contributed by atoms with Crippen molar-refractivity contribution in [2.45, 2.75) is 12.6 Å². The highest BCUT2D eigenvalue weighted by Gasteiger charge is 2.35. The fourth-order valence-corrected chi connectivity index (χ4v) is 2.52. The summed E-state index contributed by atoms with van der Waals surface area (Å²) >= 11 is 0. The molecule has 4 aromatic rings. The summed E-state index contributed by atoms with van der Waals surface area (Å²) in [5.74, 6) is -1.73. The molecule has 0 atom stereocenters. The van der Waals surface area contributed by atoms with Crippen LogP contribution < -0.4 is 0 Å². The minimum atomic E-state index is -4.62. The average Bonchev–Trinajstić information content (AvgIpc) is 3.25. The fourth-order valence-electron chi connectivity index (χ4n) is 2.52. The van der Waals surface area contributed by atoms with Gasteiger partial charge in [-0.1, -0.05) is 12.1 Å². The van der Waals surface area contributed by atoms with Crippen molar-refractivity contribution in [3.63, 3.8) is 0 Å². The van der Waals surface area contributed by atoms with Crippen LogP contribution in [-0.4, -0.2) is 29.5 Å². The van der Waals surface area contributed by atoms with Gasteiger partial charge in [0.15, 0.2) is 5.65 Å². The zero-order chi connectivity index (χ0) is 18.3. The Bertz CT molecular complexity index is 1060. The number of H-pyrrole nitrogens is 1. The molecule has 0 aliphatic rings.